The number of nitrogens with two attached hydrogens (primary N) is 1. The van der Waals surface area contributed by atoms with Crippen LogP contribution in [0.15, 0.2) is 21.7 Å². The van der Waals surface area contributed by atoms with Crippen molar-refractivity contribution in [3.8, 4) is 0 Å². The van der Waals surface area contributed by atoms with Gasteiger partial charge in [-0.25, -0.2) is 0 Å². The van der Waals surface area contributed by atoms with Crippen molar-refractivity contribution in [2.75, 3.05) is 5.75 Å². The van der Waals surface area contributed by atoms with E-state index in [1.807, 2.05) is 17.5 Å². The molecule has 0 saturated heterocycles. The van der Waals surface area contributed by atoms with E-state index in [0.29, 0.717) is 5.75 Å². The Morgan fingerprint density at radius 2 is 2.40 bits per heavy atom. The summed E-state index contributed by atoms with van der Waals surface area (Å²) in [5.41, 5.74) is 5.30. The molecule has 1 heterocycles. The lowest BCUT2D eigenvalue weighted by atomic mass is 10.1. The predicted molar refractivity (Wildman–Crippen MR) is 61.3 cm³/mol. The second-order valence-corrected chi connectivity index (χ2v) is 5.35. The van der Waals surface area contributed by atoms with Crippen LogP contribution in [-0.2, 0) is 4.79 Å². The third-order valence-electron chi connectivity index (χ3n) is 1.76. The molecule has 4 nitrogen and oxygen atoms in total. The molecule has 6 heteroatoms. The van der Waals surface area contributed by atoms with E-state index in [-0.39, 0.29) is 6.42 Å². The highest BCUT2D eigenvalue weighted by Gasteiger charge is 2.16. The first-order chi connectivity index (χ1) is 7.09. The summed E-state index contributed by atoms with van der Waals surface area (Å²) >= 11 is 3.10. The third kappa shape index (κ3) is 4.65. The lowest BCUT2D eigenvalue weighted by Gasteiger charge is -2.12. The van der Waals surface area contributed by atoms with Crippen LogP contribution in [0.3, 0.4) is 0 Å². The first-order valence-corrected chi connectivity index (χ1v) is 6.29. The van der Waals surface area contributed by atoms with Gasteiger partial charge in [-0.05, 0) is 17.9 Å². The van der Waals surface area contributed by atoms with E-state index in [0.717, 1.165) is 4.21 Å². The van der Waals surface area contributed by atoms with Gasteiger partial charge in [-0.1, -0.05) is 6.07 Å². The van der Waals surface area contributed by atoms with Gasteiger partial charge in [-0.3, -0.25) is 4.79 Å². The molecular weight excluding hydrogens is 234 g/mol. The summed E-state index contributed by atoms with van der Waals surface area (Å²) in [5, 5.41) is 20.0. The number of carbonyl (C=O) groups is 1. The number of thiophene rings is 1. The van der Waals surface area contributed by atoms with Crippen molar-refractivity contribution in [2.45, 2.75) is 22.8 Å². The highest BCUT2D eigenvalue weighted by molar-refractivity contribution is 8.01. The number of aliphatic hydroxyl groups is 1. The second-order valence-electron chi connectivity index (χ2n) is 3.08. The molecule has 0 saturated carbocycles. The number of rotatable bonds is 6. The molecule has 0 radical (unpaired) electrons. The smallest absolute Gasteiger partial charge is 0.320 e. The van der Waals surface area contributed by atoms with Gasteiger partial charge in [0.05, 0.1) is 10.3 Å². The average Bonchev–Trinajstić information content (AvgIpc) is 2.66. The lowest BCUT2D eigenvalue weighted by Crippen LogP contribution is -2.34. The van der Waals surface area contributed by atoms with Gasteiger partial charge in [-0.15, -0.1) is 23.1 Å². The molecule has 15 heavy (non-hydrogen) atoms. The van der Waals surface area contributed by atoms with Gasteiger partial charge in [-0.2, -0.15) is 0 Å². The molecule has 2 unspecified atom stereocenters. The minimum absolute atomic E-state index is 0.0910. The SMILES string of the molecule is NC(CC(O)CSc1cccs1)C(=O)O. The van der Waals surface area contributed by atoms with E-state index in [1.165, 1.54) is 11.8 Å². The van der Waals surface area contributed by atoms with Crippen molar-refractivity contribution < 1.29 is 15.0 Å². The molecule has 2 atom stereocenters. The van der Waals surface area contributed by atoms with Crippen molar-refractivity contribution in [3.63, 3.8) is 0 Å². The molecule has 1 aromatic heterocycles. The van der Waals surface area contributed by atoms with Gasteiger partial charge >= 0.3 is 5.97 Å². The van der Waals surface area contributed by atoms with Crippen molar-refractivity contribution in [1.82, 2.24) is 0 Å². The molecule has 0 fully saturated rings. The summed E-state index contributed by atoms with van der Waals surface area (Å²) in [4.78, 5) is 10.4. The Kier molecular flexibility index (Phi) is 5.10. The quantitative estimate of drug-likeness (QED) is 0.653. The molecular formula is C9H13NO3S2. The van der Waals surface area contributed by atoms with Crippen molar-refractivity contribution in [2.24, 2.45) is 5.73 Å². The van der Waals surface area contributed by atoms with E-state index in [4.69, 9.17) is 10.8 Å². The Morgan fingerprint density at radius 1 is 1.67 bits per heavy atom. The Hall–Kier alpha value is -0.560. The Balaban J connectivity index is 2.24. The van der Waals surface area contributed by atoms with Gasteiger partial charge in [0, 0.05) is 5.75 Å². The maximum absolute atomic E-state index is 10.4. The summed E-state index contributed by atoms with van der Waals surface area (Å²) < 4.78 is 1.11. The lowest BCUT2D eigenvalue weighted by molar-refractivity contribution is -0.139. The number of aliphatic carboxylic acids is 1. The molecule has 0 aliphatic rings. The third-order valence-corrected chi connectivity index (χ3v) is 4.03. The van der Waals surface area contributed by atoms with Crippen molar-refractivity contribution >= 4 is 29.1 Å². The maximum Gasteiger partial charge on any atom is 0.320 e. The fourth-order valence-electron chi connectivity index (χ4n) is 0.986. The molecule has 0 spiro atoms. The number of carboxylic acids is 1. The number of carboxylic acid groups (broad SMARTS) is 1. The zero-order valence-electron chi connectivity index (χ0n) is 8.00. The Morgan fingerprint density at radius 3 is 2.93 bits per heavy atom. The molecule has 84 valence electrons. The molecule has 0 aliphatic heterocycles. The molecule has 1 rings (SSSR count). The Labute approximate surface area is 96.1 Å². The molecule has 0 aliphatic carbocycles. The second kappa shape index (κ2) is 6.12. The zero-order chi connectivity index (χ0) is 11.3. The van der Waals surface area contributed by atoms with Gasteiger partial charge < -0.3 is 15.9 Å². The summed E-state index contributed by atoms with van der Waals surface area (Å²) in [6.45, 7) is 0. The topological polar surface area (TPSA) is 83.5 Å². The average molecular weight is 247 g/mol. The fourth-order valence-corrected chi connectivity index (χ4v) is 2.74. The van der Waals surface area contributed by atoms with Crippen LogP contribution in [0.5, 0.6) is 0 Å². The number of thioether (sulfide) groups is 1. The first kappa shape index (κ1) is 12.5. The first-order valence-electron chi connectivity index (χ1n) is 4.42. The van der Waals surface area contributed by atoms with E-state index < -0.39 is 18.1 Å². The summed E-state index contributed by atoms with van der Waals surface area (Å²) in [6, 6.07) is 2.91. The van der Waals surface area contributed by atoms with Crippen molar-refractivity contribution in [1.29, 1.82) is 0 Å². The maximum atomic E-state index is 10.4. The predicted octanol–water partition coefficient (Wildman–Crippen LogP) is 1.00. The Bertz CT molecular complexity index is 302. The van der Waals surface area contributed by atoms with Crippen LogP contribution in [0.4, 0.5) is 0 Å². The fraction of sp³-hybridized carbons (Fsp3) is 0.444. The summed E-state index contributed by atoms with van der Waals surface area (Å²) in [7, 11) is 0. The highest BCUT2D eigenvalue weighted by Crippen LogP contribution is 2.24. The molecule has 0 amide bonds. The number of hydrogen-bond donors (Lipinski definition) is 3. The van der Waals surface area contributed by atoms with Crippen LogP contribution in [0.1, 0.15) is 6.42 Å². The summed E-state index contributed by atoms with van der Waals surface area (Å²) in [5.74, 6) is -0.600. The zero-order valence-corrected chi connectivity index (χ0v) is 9.63. The van der Waals surface area contributed by atoms with Gasteiger partial charge in [0.1, 0.15) is 6.04 Å². The number of hydrogen-bond acceptors (Lipinski definition) is 5. The van der Waals surface area contributed by atoms with Crippen LogP contribution < -0.4 is 5.73 Å². The molecule has 1 aromatic rings. The number of aliphatic hydroxyl groups excluding tert-OH is 1. The molecule has 4 N–H and O–H groups in total. The molecule has 0 bridgehead atoms. The van der Waals surface area contributed by atoms with E-state index >= 15 is 0 Å². The highest BCUT2D eigenvalue weighted by atomic mass is 32.2. The monoisotopic (exact) mass is 247 g/mol. The van der Waals surface area contributed by atoms with Crippen molar-refractivity contribution in [3.05, 3.63) is 17.5 Å². The van der Waals surface area contributed by atoms with Crippen LogP contribution in [0, 0.1) is 0 Å². The molecule has 0 aromatic carbocycles. The van der Waals surface area contributed by atoms with E-state index in [9.17, 15) is 9.90 Å². The minimum Gasteiger partial charge on any atom is -0.480 e. The van der Waals surface area contributed by atoms with E-state index in [1.54, 1.807) is 11.3 Å². The minimum atomic E-state index is -1.07. The van der Waals surface area contributed by atoms with Gasteiger partial charge in [0.2, 0.25) is 0 Å². The van der Waals surface area contributed by atoms with Crippen LogP contribution in [0.2, 0.25) is 0 Å². The largest absolute Gasteiger partial charge is 0.480 e. The van der Waals surface area contributed by atoms with Gasteiger partial charge in [0.25, 0.3) is 0 Å². The van der Waals surface area contributed by atoms with E-state index in [2.05, 4.69) is 0 Å². The van der Waals surface area contributed by atoms with Gasteiger partial charge in [0.15, 0.2) is 0 Å². The van der Waals surface area contributed by atoms with Crippen LogP contribution in [0.25, 0.3) is 0 Å². The normalized spacial score (nSPS) is 14.8. The standard InChI is InChI=1S/C9H13NO3S2/c10-7(9(12)13)4-6(11)5-15-8-2-1-3-14-8/h1-3,6-7,11H,4-5,10H2,(H,12,13). The summed E-state index contributed by atoms with van der Waals surface area (Å²) in [6.07, 6.45) is -0.587. The van der Waals surface area contributed by atoms with Crippen LogP contribution in [-0.4, -0.2) is 34.1 Å². The van der Waals surface area contributed by atoms with Crippen LogP contribution >= 0.6 is 23.1 Å².